The van der Waals surface area contributed by atoms with Crippen LogP contribution in [0.25, 0.3) is 96.9 Å². The van der Waals surface area contributed by atoms with Crippen molar-refractivity contribution in [3.05, 3.63) is 164 Å². The van der Waals surface area contributed by atoms with Crippen LogP contribution in [0.4, 0.5) is 0 Å². The Kier molecular flexibility index (Phi) is 5.81. The van der Waals surface area contributed by atoms with Crippen molar-refractivity contribution in [1.82, 2.24) is 4.98 Å². The van der Waals surface area contributed by atoms with Crippen molar-refractivity contribution in [2.45, 2.75) is 0 Å². The largest absolute Gasteiger partial charge is 0.247 e. The standard InChI is InChI=1S/C45H27NS/c1-3-15-28(16-4-1)40-30-19-7-9-21-32(30)41(33-22-10-8-20-31(33)40)37-27-36-42(43-35-24-12-14-26-39(35)47-45(37)43)34-23-11-13-25-38(34)46-44(36)29-17-5-2-6-18-29/h1-27H. The predicted molar refractivity (Wildman–Crippen MR) is 203 cm³/mol. The summed E-state index contributed by atoms with van der Waals surface area (Å²) in [4.78, 5) is 5.36. The van der Waals surface area contributed by atoms with Gasteiger partial charge in [-0.2, -0.15) is 0 Å². The molecular formula is C45H27NS. The van der Waals surface area contributed by atoms with Gasteiger partial charge in [-0.1, -0.05) is 146 Å². The van der Waals surface area contributed by atoms with Gasteiger partial charge in [0.2, 0.25) is 0 Å². The molecule has 10 aromatic rings. The molecule has 10 rings (SSSR count). The van der Waals surface area contributed by atoms with E-state index in [1.165, 1.54) is 80.1 Å². The first-order valence-corrected chi connectivity index (χ1v) is 16.9. The summed E-state index contributed by atoms with van der Waals surface area (Å²) in [5, 5.41) is 11.3. The molecule has 2 heterocycles. The van der Waals surface area contributed by atoms with Crippen LogP contribution in [0.5, 0.6) is 0 Å². The van der Waals surface area contributed by atoms with Gasteiger partial charge in [0.05, 0.1) is 11.2 Å². The van der Waals surface area contributed by atoms with Crippen LogP contribution in [0.2, 0.25) is 0 Å². The fraction of sp³-hybridized carbons (Fsp3) is 0. The summed E-state index contributed by atoms with van der Waals surface area (Å²) >= 11 is 1.91. The van der Waals surface area contributed by atoms with Crippen molar-refractivity contribution in [3.63, 3.8) is 0 Å². The first-order valence-electron chi connectivity index (χ1n) is 16.1. The van der Waals surface area contributed by atoms with E-state index in [-0.39, 0.29) is 0 Å². The molecule has 1 nitrogen and oxygen atoms in total. The van der Waals surface area contributed by atoms with Gasteiger partial charge in [0, 0.05) is 47.5 Å². The van der Waals surface area contributed by atoms with Gasteiger partial charge in [0.1, 0.15) is 0 Å². The van der Waals surface area contributed by atoms with E-state index in [1.807, 2.05) is 11.3 Å². The van der Waals surface area contributed by atoms with E-state index in [4.69, 9.17) is 4.98 Å². The zero-order valence-electron chi connectivity index (χ0n) is 25.4. The van der Waals surface area contributed by atoms with Gasteiger partial charge in [-0.15, -0.1) is 11.3 Å². The van der Waals surface area contributed by atoms with Crippen molar-refractivity contribution in [3.8, 4) is 33.5 Å². The molecule has 0 aliphatic carbocycles. The second-order valence-electron chi connectivity index (χ2n) is 12.2. The second-order valence-corrected chi connectivity index (χ2v) is 13.3. The van der Waals surface area contributed by atoms with Crippen molar-refractivity contribution >= 4 is 74.7 Å². The van der Waals surface area contributed by atoms with Crippen LogP contribution < -0.4 is 0 Å². The molecule has 0 bridgehead atoms. The van der Waals surface area contributed by atoms with Gasteiger partial charge < -0.3 is 0 Å². The van der Waals surface area contributed by atoms with Gasteiger partial charge in [-0.25, -0.2) is 4.98 Å². The maximum Gasteiger partial charge on any atom is 0.0788 e. The molecule has 0 atom stereocenters. The summed E-state index contributed by atoms with van der Waals surface area (Å²) in [6.45, 7) is 0. The predicted octanol–water partition coefficient (Wildman–Crippen LogP) is 13.1. The van der Waals surface area contributed by atoms with Crippen LogP contribution in [0.1, 0.15) is 0 Å². The van der Waals surface area contributed by atoms with Crippen molar-refractivity contribution in [1.29, 1.82) is 0 Å². The summed E-state index contributed by atoms with van der Waals surface area (Å²) in [6.07, 6.45) is 0. The molecule has 218 valence electrons. The highest BCUT2D eigenvalue weighted by Crippen LogP contribution is 2.51. The van der Waals surface area contributed by atoms with E-state index >= 15 is 0 Å². The Hall–Kier alpha value is -5.83. The Morgan fingerprint density at radius 2 is 0.894 bits per heavy atom. The molecule has 0 aliphatic rings. The highest BCUT2D eigenvalue weighted by molar-refractivity contribution is 7.26. The zero-order chi connectivity index (χ0) is 30.9. The van der Waals surface area contributed by atoms with E-state index in [0.29, 0.717) is 0 Å². The van der Waals surface area contributed by atoms with Crippen LogP contribution in [-0.2, 0) is 0 Å². The molecule has 0 amide bonds. The monoisotopic (exact) mass is 613 g/mol. The van der Waals surface area contributed by atoms with E-state index in [2.05, 4.69) is 164 Å². The topological polar surface area (TPSA) is 12.9 Å². The fourth-order valence-electron chi connectivity index (χ4n) is 7.67. The minimum absolute atomic E-state index is 1.02. The number of fused-ring (bicyclic) bond motifs is 9. The fourth-order valence-corrected chi connectivity index (χ4v) is 8.90. The van der Waals surface area contributed by atoms with E-state index in [9.17, 15) is 0 Å². The van der Waals surface area contributed by atoms with Gasteiger partial charge >= 0.3 is 0 Å². The Balaban J connectivity index is 1.47. The molecule has 0 radical (unpaired) electrons. The van der Waals surface area contributed by atoms with Crippen molar-refractivity contribution < 1.29 is 0 Å². The number of hydrogen-bond acceptors (Lipinski definition) is 2. The summed E-state index contributed by atoms with van der Waals surface area (Å²) in [5.74, 6) is 0. The summed E-state index contributed by atoms with van der Waals surface area (Å²) < 4.78 is 2.62. The Morgan fingerprint density at radius 1 is 0.383 bits per heavy atom. The smallest absolute Gasteiger partial charge is 0.0788 e. The molecular weight excluding hydrogens is 587 g/mol. The number of benzene rings is 8. The number of hydrogen-bond donors (Lipinski definition) is 0. The molecule has 0 aliphatic heterocycles. The first kappa shape index (κ1) is 26.4. The molecule has 2 aromatic heterocycles. The lowest BCUT2D eigenvalue weighted by Gasteiger charge is -2.19. The molecule has 0 spiro atoms. The van der Waals surface area contributed by atoms with Crippen LogP contribution in [0, 0.1) is 0 Å². The molecule has 0 saturated carbocycles. The third kappa shape index (κ3) is 3.92. The van der Waals surface area contributed by atoms with E-state index in [0.717, 1.165) is 16.8 Å². The zero-order valence-corrected chi connectivity index (χ0v) is 26.3. The minimum Gasteiger partial charge on any atom is -0.247 e. The number of thiophene rings is 1. The van der Waals surface area contributed by atoms with Crippen LogP contribution in [0.15, 0.2) is 164 Å². The van der Waals surface area contributed by atoms with Gasteiger partial charge in [-0.3, -0.25) is 0 Å². The van der Waals surface area contributed by atoms with Crippen molar-refractivity contribution in [2.24, 2.45) is 0 Å². The SMILES string of the molecule is c1ccc(-c2c3ccccc3c(-c3cc4c(-c5ccccc5)nc5ccccc5c4c4c3sc3ccccc34)c3ccccc23)cc1. The lowest BCUT2D eigenvalue weighted by Crippen LogP contribution is -1.94. The molecule has 0 fully saturated rings. The third-order valence-corrected chi connectivity index (χ3v) is 10.8. The Morgan fingerprint density at radius 3 is 1.55 bits per heavy atom. The molecule has 0 N–H and O–H groups in total. The summed E-state index contributed by atoms with van der Waals surface area (Å²) in [5.41, 5.74) is 8.22. The summed E-state index contributed by atoms with van der Waals surface area (Å²) in [7, 11) is 0. The van der Waals surface area contributed by atoms with Gasteiger partial charge in [-0.05, 0) is 56.4 Å². The van der Waals surface area contributed by atoms with E-state index < -0.39 is 0 Å². The lowest BCUT2D eigenvalue weighted by atomic mass is 9.84. The number of pyridine rings is 1. The maximum atomic E-state index is 5.36. The normalized spacial score (nSPS) is 11.8. The Labute approximate surface area is 276 Å². The quantitative estimate of drug-likeness (QED) is 0.143. The van der Waals surface area contributed by atoms with Gasteiger partial charge in [0.15, 0.2) is 0 Å². The highest BCUT2D eigenvalue weighted by atomic mass is 32.1. The summed E-state index contributed by atoms with van der Waals surface area (Å²) in [6, 6.07) is 59.4. The lowest BCUT2D eigenvalue weighted by molar-refractivity contribution is 1.43. The molecule has 47 heavy (non-hydrogen) atoms. The average molecular weight is 614 g/mol. The number of aromatic nitrogens is 1. The number of nitrogens with zero attached hydrogens (tertiary/aromatic N) is 1. The highest BCUT2D eigenvalue weighted by Gasteiger charge is 2.23. The number of rotatable bonds is 3. The molecule has 0 unspecified atom stereocenters. The first-order chi connectivity index (χ1) is 23.3. The third-order valence-electron chi connectivity index (χ3n) is 9.62. The Bertz CT molecular complexity index is 2770. The molecule has 0 saturated heterocycles. The van der Waals surface area contributed by atoms with Crippen LogP contribution >= 0.6 is 11.3 Å². The van der Waals surface area contributed by atoms with Crippen LogP contribution in [0.3, 0.4) is 0 Å². The number of para-hydroxylation sites is 1. The van der Waals surface area contributed by atoms with Crippen LogP contribution in [-0.4, -0.2) is 4.98 Å². The van der Waals surface area contributed by atoms with Crippen molar-refractivity contribution in [2.75, 3.05) is 0 Å². The molecule has 2 heteroatoms. The van der Waals surface area contributed by atoms with Gasteiger partial charge in [0.25, 0.3) is 0 Å². The average Bonchev–Trinajstić information content (AvgIpc) is 3.54. The second kappa shape index (κ2) is 10.3. The van der Waals surface area contributed by atoms with E-state index in [1.54, 1.807) is 0 Å². The molecule has 8 aromatic carbocycles. The maximum absolute atomic E-state index is 5.36. The minimum atomic E-state index is 1.02.